The molecule has 1 aromatic heterocycles. The Morgan fingerprint density at radius 3 is 3.11 bits per heavy atom. The Kier molecular flexibility index (Phi) is 4.95. The number of aromatic nitrogens is 2. The number of hydrogen-bond acceptors (Lipinski definition) is 5. The summed E-state index contributed by atoms with van der Waals surface area (Å²) in [5.74, 6) is 1.23. The number of nitrogens with one attached hydrogen (secondary N) is 1. The summed E-state index contributed by atoms with van der Waals surface area (Å²) < 4.78 is 17.2. The lowest BCUT2D eigenvalue weighted by Crippen LogP contribution is -1.98. The van der Waals surface area contributed by atoms with Crippen molar-refractivity contribution < 1.29 is 4.39 Å². The molecular formula is C12H14FN3S2. The Morgan fingerprint density at radius 2 is 2.33 bits per heavy atom. The van der Waals surface area contributed by atoms with E-state index in [9.17, 15) is 4.39 Å². The molecule has 0 saturated carbocycles. The highest BCUT2D eigenvalue weighted by Crippen LogP contribution is 2.23. The third-order valence-electron chi connectivity index (χ3n) is 2.16. The molecule has 0 aliphatic heterocycles. The van der Waals surface area contributed by atoms with Crippen molar-refractivity contribution in [3.05, 3.63) is 35.9 Å². The normalized spacial score (nSPS) is 10.6. The lowest BCUT2D eigenvalue weighted by atomic mass is 10.4. The van der Waals surface area contributed by atoms with Crippen LogP contribution in [0.25, 0.3) is 0 Å². The molecule has 0 atom stereocenters. The fraction of sp³-hybridized carbons (Fsp3) is 0.333. The first kappa shape index (κ1) is 13.3. The van der Waals surface area contributed by atoms with Crippen LogP contribution in [0, 0.1) is 5.82 Å². The van der Waals surface area contributed by atoms with Crippen LogP contribution in [-0.4, -0.2) is 15.9 Å². The Morgan fingerprint density at radius 1 is 1.44 bits per heavy atom. The van der Waals surface area contributed by atoms with Gasteiger partial charge in [0.1, 0.15) is 5.82 Å². The quantitative estimate of drug-likeness (QED) is 0.818. The van der Waals surface area contributed by atoms with Gasteiger partial charge in [0, 0.05) is 23.0 Å². The van der Waals surface area contributed by atoms with E-state index in [1.165, 1.54) is 35.4 Å². The Bertz CT molecular complexity index is 502. The molecule has 1 N–H and O–H groups in total. The third kappa shape index (κ3) is 3.96. The maximum Gasteiger partial charge on any atom is 0.202 e. The van der Waals surface area contributed by atoms with E-state index in [1.807, 2.05) is 6.07 Å². The second-order valence-corrected chi connectivity index (χ2v) is 5.49. The van der Waals surface area contributed by atoms with Crippen LogP contribution < -0.4 is 5.32 Å². The number of anilines is 1. The molecule has 0 saturated heterocycles. The third-order valence-corrected chi connectivity index (χ3v) is 3.86. The van der Waals surface area contributed by atoms with Crippen molar-refractivity contribution in [2.75, 3.05) is 11.9 Å². The zero-order valence-electron chi connectivity index (χ0n) is 10.0. The van der Waals surface area contributed by atoms with Crippen LogP contribution >= 0.6 is 23.3 Å². The predicted molar refractivity (Wildman–Crippen MR) is 74.7 cm³/mol. The molecule has 0 bridgehead atoms. The molecule has 0 unspecified atom stereocenters. The number of thioether (sulfide) groups is 1. The van der Waals surface area contributed by atoms with Crippen LogP contribution in [0.1, 0.15) is 19.2 Å². The zero-order chi connectivity index (χ0) is 12.8. The molecule has 0 aliphatic rings. The number of hydrogen-bond donors (Lipinski definition) is 1. The predicted octanol–water partition coefficient (Wildman–Crippen LogP) is 3.79. The highest BCUT2D eigenvalue weighted by atomic mass is 32.2. The topological polar surface area (TPSA) is 37.8 Å². The first-order chi connectivity index (χ1) is 8.78. The van der Waals surface area contributed by atoms with Crippen molar-refractivity contribution >= 4 is 28.4 Å². The summed E-state index contributed by atoms with van der Waals surface area (Å²) in [5, 5.41) is 4.05. The highest BCUT2D eigenvalue weighted by Gasteiger charge is 2.04. The van der Waals surface area contributed by atoms with E-state index in [-0.39, 0.29) is 5.82 Å². The second kappa shape index (κ2) is 6.70. The monoisotopic (exact) mass is 283 g/mol. The van der Waals surface area contributed by atoms with Crippen molar-refractivity contribution in [3.63, 3.8) is 0 Å². The van der Waals surface area contributed by atoms with Crippen LogP contribution in [0.5, 0.6) is 0 Å². The molecule has 2 aromatic rings. The SMILES string of the molecule is CCCNc1nc(CSc2cccc(F)c2)ns1. The molecule has 0 aliphatic carbocycles. The van der Waals surface area contributed by atoms with E-state index in [0.717, 1.165) is 28.8 Å². The van der Waals surface area contributed by atoms with Gasteiger partial charge in [0.2, 0.25) is 5.13 Å². The summed E-state index contributed by atoms with van der Waals surface area (Å²) in [7, 11) is 0. The van der Waals surface area contributed by atoms with E-state index < -0.39 is 0 Å². The van der Waals surface area contributed by atoms with Gasteiger partial charge in [-0.3, -0.25) is 0 Å². The van der Waals surface area contributed by atoms with Crippen LogP contribution in [-0.2, 0) is 5.75 Å². The van der Waals surface area contributed by atoms with Crippen molar-refractivity contribution in [1.29, 1.82) is 0 Å². The van der Waals surface area contributed by atoms with Gasteiger partial charge in [-0.1, -0.05) is 13.0 Å². The van der Waals surface area contributed by atoms with E-state index in [2.05, 4.69) is 21.6 Å². The summed E-state index contributed by atoms with van der Waals surface area (Å²) in [5.41, 5.74) is 0. The molecule has 0 radical (unpaired) electrons. The maximum absolute atomic E-state index is 13.0. The Balaban J connectivity index is 1.88. The van der Waals surface area contributed by atoms with Gasteiger partial charge in [0.05, 0.1) is 5.75 Å². The van der Waals surface area contributed by atoms with E-state index in [1.54, 1.807) is 6.07 Å². The van der Waals surface area contributed by atoms with Gasteiger partial charge in [-0.25, -0.2) is 9.37 Å². The van der Waals surface area contributed by atoms with Gasteiger partial charge in [-0.15, -0.1) is 11.8 Å². The first-order valence-corrected chi connectivity index (χ1v) is 7.48. The van der Waals surface area contributed by atoms with Crippen molar-refractivity contribution in [2.45, 2.75) is 24.0 Å². The lowest BCUT2D eigenvalue weighted by molar-refractivity contribution is 0.624. The standard InChI is InChI=1S/C12H14FN3S2/c1-2-6-14-12-15-11(16-18-12)8-17-10-5-3-4-9(13)7-10/h3-5,7H,2,6,8H2,1H3,(H,14,15,16). The van der Waals surface area contributed by atoms with Crippen LogP contribution in [0.15, 0.2) is 29.2 Å². The van der Waals surface area contributed by atoms with E-state index in [0.29, 0.717) is 5.75 Å². The van der Waals surface area contributed by atoms with Crippen LogP contribution in [0.4, 0.5) is 9.52 Å². The molecule has 1 heterocycles. The van der Waals surface area contributed by atoms with Gasteiger partial charge in [0.15, 0.2) is 5.82 Å². The molecule has 0 spiro atoms. The molecule has 0 amide bonds. The molecule has 2 rings (SSSR count). The summed E-state index contributed by atoms with van der Waals surface area (Å²) in [6.07, 6.45) is 1.06. The Labute approximate surface area is 114 Å². The number of halogens is 1. The average molecular weight is 283 g/mol. The van der Waals surface area contributed by atoms with Crippen LogP contribution in [0.2, 0.25) is 0 Å². The minimum Gasteiger partial charge on any atom is -0.360 e. The van der Waals surface area contributed by atoms with Gasteiger partial charge in [0.25, 0.3) is 0 Å². The summed E-state index contributed by atoms with van der Waals surface area (Å²) in [6, 6.07) is 6.56. The zero-order valence-corrected chi connectivity index (χ0v) is 11.7. The molecule has 1 aromatic carbocycles. The maximum atomic E-state index is 13.0. The smallest absolute Gasteiger partial charge is 0.202 e. The molecule has 3 nitrogen and oxygen atoms in total. The minimum atomic E-state index is -0.212. The van der Waals surface area contributed by atoms with Crippen molar-refractivity contribution in [1.82, 2.24) is 9.36 Å². The fourth-order valence-corrected chi connectivity index (χ4v) is 2.81. The second-order valence-electron chi connectivity index (χ2n) is 3.69. The largest absolute Gasteiger partial charge is 0.360 e. The van der Waals surface area contributed by atoms with Crippen LogP contribution in [0.3, 0.4) is 0 Å². The van der Waals surface area contributed by atoms with Crippen molar-refractivity contribution in [3.8, 4) is 0 Å². The van der Waals surface area contributed by atoms with Gasteiger partial charge in [-0.2, -0.15) is 4.37 Å². The molecule has 18 heavy (non-hydrogen) atoms. The number of rotatable bonds is 6. The molecule has 0 fully saturated rings. The summed E-state index contributed by atoms with van der Waals surface area (Å²) in [6.45, 7) is 3.01. The van der Waals surface area contributed by atoms with Gasteiger partial charge in [-0.05, 0) is 24.6 Å². The van der Waals surface area contributed by atoms with E-state index >= 15 is 0 Å². The number of benzene rings is 1. The minimum absolute atomic E-state index is 0.212. The Hall–Kier alpha value is -1.14. The van der Waals surface area contributed by atoms with E-state index in [4.69, 9.17) is 0 Å². The lowest BCUT2D eigenvalue weighted by Gasteiger charge is -1.98. The fourth-order valence-electron chi connectivity index (χ4n) is 1.32. The van der Waals surface area contributed by atoms with Crippen molar-refractivity contribution in [2.24, 2.45) is 0 Å². The van der Waals surface area contributed by atoms with Gasteiger partial charge < -0.3 is 5.32 Å². The summed E-state index contributed by atoms with van der Waals surface area (Å²) >= 11 is 2.91. The molecular weight excluding hydrogens is 269 g/mol. The summed E-state index contributed by atoms with van der Waals surface area (Å²) in [4.78, 5) is 5.26. The highest BCUT2D eigenvalue weighted by molar-refractivity contribution is 7.98. The number of nitrogens with zero attached hydrogens (tertiary/aromatic N) is 2. The van der Waals surface area contributed by atoms with Gasteiger partial charge >= 0.3 is 0 Å². The molecule has 96 valence electrons. The first-order valence-electron chi connectivity index (χ1n) is 5.72. The average Bonchev–Trinajstić information content (AvgIpc) is 2.82. The molecule has 6 heteroatoms.